The van der Waals surface area contributed by atoms with Crippen molar-refractivity contribution in [1.29, 1.82) is 0 Å². The van der Waals surface area contributed by atoms with Gasteiger partial charge in [-0.25, -0.2) is 4.39 Å². The summed E-state index contributed by atoms with van der Waals surface area (Å²) in [4.78, 5) is 0. The van der Waals surface area contributed by atoms with Gasteiger partial charge in [-0.3, -0.25) is 0 Å². The molecule has 2 rings (SSSR count). The van der Waals surface area contributed by atoms with Crippen molar-refractivity contribution in [3.05, 3.63) is 58.4 Å². The van der Waals surface area contributed by atoms with Crippen molar-refractivity contribution in [3.8, 4) is 5.75 Å². The highest BCUT2D eigenvalue weighted by Gasteiger charge is 2.30. The average molecular weight is 320 g/mol. The van der Waals surface area contributed by atoms with Crippen LogP contribution in [0.2, 0.25) is 5.02 Å². The van der Waals surface area contributed by atoms with Crippen LogP contribution in [0.4, 0.5) is 23.2 Å². The van der Waals surface area contributed by atoms with Crippen LogP contribution in [0.1, 0.15) is 11.1 Å². The van der Waals surface area contributed by atoms with E-state index in [1.807, 2.05) is 0 Å². The van der Waals surface area contributed by atoms with Gasteiger partial charge in [0.15, 0.2) is 11.6 Å². The molecule has 2 aromatic carbocycles. The number of phenols is 1. The number of aromatic hydroxyl groups is 1. The Morgan fingerprint density at radius 1 is 1.10 bits per heavy atom. The van der Waals surface area contributed by atoms with Gasteiger partial charge in [-0.1, -0.05) is 17.7 Å². The highest BCUT2D eigenvalue weighted by molar-refractivity contribution is 6.33. The van der Waals surface area contributed by atoms with E-state index in [1.54, 1.807) is 0 Å². The minimum atomic E-state index is -4.46. The summed E-state index contributed by atoms with van der Waals surface area (Å²) in [6.07, 6.45) is -4.46. The average Bonchev–Trinajstić information content (AvgIpc) is 2.40. The van der Waals surface area contributed by atoms with E-state index < -0.39 is 23.3 Å². The molecule has 2 aromatic rings. The summed E-state index contributed by atoms with van der Waals surface area (Å²) in [5.41, 5.74) is -0.0202. The lowest BCUT2D eigenvalue weighted by Crippen LogP contribution is -2.06. The van der Waals surface area contributed by atoms with Gasteiger partial charge in [0, 0.05) is 6.54 Å². The maximum atomic E-state index is 13.1. The van der Waals surface area contributed by atoms with Gasteiger partial charge in [0.2, 0.25) is 0 Å². The summed E-state index contributed by atoms with van der Waals surface area (Å²) in [6.45, 7) is 0.155. The third-order valence-electron chi connectivity index (χ3n) is 2.79. The van der Waals surface area contributed by atoms with Crippen LogP contribution in [-0.4, -0.2) is 5.11 Å². The van der Waals surface area contributed by atoms with Crippen LogP contribution in [0.5, 0.6) is 5.75 Å². The highest BCUT2D eigenvalue weighted by Crippen LogP contribution is 2.33. The number of anilines is 1. The third kappa shape index (κ3) is 3.78. The van der Waals surface area contributed by atoms with Crippen molar-refractivity contribution >= 4 is 17.3 Å². The van der Waals surface area contributed by atoms with E-state index in [0.29, 0.717) is 11.3 Å². The second-order valence-electron chi connectivity index (χ2n) is 4.33. The molecule has 112 valence electrons. The summed E-state index contributed by atoms with van der Waals surface area (Å²) in [7, 11) is 0. The SMILES string of the molecule is Oc1ccc(CNc2ccc(C(F)(F)F)cc2Cl)cc1F. The first-order valence-electron chi connectivity index (χ1n) is 5.85. The molecular weight excluding hydrogens is 310 g/mol. The van der Waals surface area contributed by atoms with Crippen LogP contribution in [0.3, 0.4) is 0 Å². The van der Waals surface area contributed by atoms with E-state index in [4.69, 9.17) is 16.7 Å². The van der Waals surface area contributed by atoms with Gasteiger partial charge in [0.25, 0.3) is 0 Å². The number of hydrogen-bond donors (Lipinski definition) is 2. The standard InChI is InChI=1S/C14H10ClF4NO/c15-10-6-9(14(17,18)19)2-3-12(10)20-7-8-1-4-13(21)11(16)5-8/h1-6,20-21H,7H2. The number of rotatable bonds is 3. The molecule has 0 amide bonds. The first-order valence-corrected chi connectivity index (χ1v) is 6.23. The molecule has 0 fully saturated rings. The van der Waals surface area contributed by atoms with Crippen LogP contribution in [-0.2, 0) is 12.7 Å². The zero-order valence-corrected chi connectivity index (χ0v) is 11.3. The maximum Gasteiger partial charge on any atom is 0.416 e. The van der Waals surface area contributed by atoms with Gasteiger partial charge in [-0.15, -0.1) is 0 Å². The largest absolute Gasteiger partial charge is 0.505 e. The van der Waals surface area contributed by atoms with Crippen molar-refractivity contribution in [2.24, 2.45) is 0 Å². The van der Waals surface area contributed by atoms with E-state index >= 15 is 0 Å². The normalized spacial score (nSPS) is 11.5. The molecule has 0 aliphatic carbocycles. The van der Waals surface area contributed by atoms with Crippen LogP contribution < -0.4 is 5.32 Å². The van der Waals surface area contributed by atoms with Gasteiger partial charge >= 0.3 is 6.18 Å². The molecule has 0 atom stereocenters. The summed E-state index contributed by atoms with van der Waals surface area (Å²) >= 11 is 5.78. The van der Waals surface area contributed by atoms with E-state index in [0.717, 1.165) is 18.2 Å². The smallest absolute Gasteiger partial charge is 0.416 e. The number of nitrogens with one attached hydrogen (secondary N) is 1. The van der Waals surface area contributed by atoms with E-state index in [1.165, 1.54) is 18.2 Å². The first kappa shape index (κ1) is 15.4. The molecule has 0 radical (unpaired) electrons. The third-order valence-corrected chi connectivity index (χ3v) is 3.10. The molecule has 0 spiro atoms. The van der Waals surface area contributed by atoms with Gasteiger partial charge in [-0.2, -0.15) is 13.2 Å². The maximum absolute atomic E-state index is 13.1. The Kier molecular flexibility index (Phi) is 4.27. The Bertz CT molecular complexity index is 658. The zero-order valence-electron chi connectivity index (χ0n) is 10.5. The Morgan fingerprint density at radius 2 is 1.81 bits per heavy atom. The second-order valence-corrected chi connectivity index (χ2v) is 4.74. The number of phenolic OH excluding ortho intramolecular Hbond substituents is 1. The predicted molar refractivity (Wildman–Crippen MR) is 71.8 cm³/mol. The van der Waals surface area contributed by atoms with Crippen molar-refractivity contribution in [2.75, 3.05) is 5.32 Å². The van der Waals surface area contributed by atoms with E-state index in [2.05, 4.69) is 5.32 Å². The molecule has 2 nitrogen and oxygen atoms in total. The molecule has 0 saturated heterocycles. The molecule has 0 heterocycles. The lowest BCUT2D eigenvalue weighted by atomic mass is 10.1. The second kappa shape index (κ2) is 5.81. The van der Waals surface area contributed by atoms with Gasteiger partial charge in [0.05, 0.1) is 16.3 Å². The Labute approximate surface area is 123 Å². The molecule has 0 aromatic heterocycles. The van der Waals surface area contributed by atoms with Crippen molar-refractivity contribution in [1.82, 2.24) is 0 Å². The van der Waals surface area contributed by atoms with Crippen molar-refractivity contribution in [2.45, 2.75) is 12.7 Å². The molecule has 0 unspecified atom stereocenters. The van der Waals surface area contributed by atoms with Gasteiger partial charge < -0.3 is 10.4 Å². The van der Waals surface area contributed by atoms with Crippen molar-refractivity contribution in [3.63, 3.8) is 0 Å². The zero-order chi connectivity index (χ0) is 15.6. The fourth-order valence-corrected chi connectivity index (χ4v) is 1.94. The Morgan fingerprint density at radius 3 is 2.38 bits per heavy atom. The number of alkyl halides is 3. The molecular formula is C14H10ClF4NO. The molecule has 0 aliphatic heterocycles. The first-order chi connectivity index (χ1) is 9.77. The summed E-state index contributed by atoms with van der Waals surface area (Å²) in [5.74, 6) is -1.24. The fraction of sp³-hybridized carbons (Fsp3) is 0.143. The molecule has 0 bridgehead atoms. The monoisotopic (exact) mass is 319 g/mol. The molecule has 2 N–H and O–H groups in total. The minimum absolute atomic E-state index is 0.0796. The predicted octanol–water partition coefficient (Wildman–Crippen LogP) is 4.82. The van der Waals surface area contributed by atoms with E-state index in [9.17, 15) is 17.6 Å². The topological polar surface area (TPSA) is 32.3 Å². The van der Waals surface area contributed by atoms with Crippen LogP contribution in [0.15, 0.2) is 36.4 Å². The summed E-state index contributed by atoms with van der Waals surface area (Å²) < 4.78 is 50.6. The molecule has 0 aliphatic rings. The summed E-state index contributed by atoms with van der Waals surface area (Å²) in [5, 5.41) is 11.8. The van der Waals surface area contributed by atoms with Crippen LogP contribution >= 0.6 is 11.6 Å². The highest BCUT2D eigenvalue weighted by atomic mass is 35.5. The summed E-state index contributed by atoms with van der Waals surface area (Å²) in [6, 6.07) is 6.75. The Hall–Kier alpha value is -1.95. The van der Waals surface area contributed by atoms with Crippen molar-refractivity contribution < 1.29 is 22.7 Å². The molecule has 7 heteroatoms. The number of hydrogen-bond acceptors (Lipinski definition) is 2. The minimum Gasteiger partial charge on any atom is -0.505 e. The fourth-order valence-electron chi connectivity index (χ4n) is 1.69. The lowest BCUT2D eigenvalue weighted by molar-refractivity contribution is -0.137. The van der Waals surface area contributed by atoms with Gasteiger partial charge in [-0.05, 0) is 35.9 Å². The quantitative estimate of drug-likeness (QED) is 0.795. The molecule has 0 saturated carbocycles. The lowest BCUT2D eigenvalue weighted by Gasteiger charge is -2.12. The molecule has 21 heavy (non-hydrogen) atoms. The van der Waals surface area contributed by atoms with E-state index in [-0.39, 0.29) is 11.6 Å². The Balaban J connectivity index is 2.11. The van der Waals surface area contributed by atoms with Gasteiger partial charge in [0.1, 0.15) is 0 Å². The van der Waals surface area contributed by atoms with Crippen LogP contribution in [0.25, 0.3) is 0 Å². The number of halogens is 5. The number of benzene rings is 2. The van der Waals surface area contributed by atoms with Crippen LogP contribution in [0, 0.1) is 5.82 Å².